The molecule has 1 saturated carbocycles. The second-order valence-corrected chi connectivity index (χ2v) is 19.9. The first kappa shape index (κ1) is 43.2. The van der Waals surface area contributed by atoms with Crippen LogP contribution in [-0.2, 0) is 28.3 Å². The predicted molar refractivity (Wildman–Crippen MR) is 256 cm³/mol. The van der Waals surface area contributed by atoms with Gasteiger partial charge in [0, 0.05) is 87.6 Å². The molecule has 3 saturated heterocycles. The Hall–Kier alpha value is -6.39. The molecule has 3 amide bonds. The number of allylic oxidation sites excluding steroid dienone is 2. The van der Waals surface area contributed by atoms with E-state index < -0.39 is 11.6 Å². The van der Waals surface area contributed by atoms with Gasteiger partial charge in [-0.15, -0.1) is 0 Å². The van der Waals surface area contributed by atoms with Crippen molar-refractivity contribution in [3.63, 3.8) is 0 Å². The lowest BCUT2D eigenvalue weighted by Crippen LogP contribution is -2.52. The highest BCUT2D eigenvalue weighted by Gasteiger charge is 2.41. The molecular weight excluding hydrogens is 847 g/mol. The van der Waals surface area contributed by atoms with Crippen LogP contribution in [0.25, 0.3) is 16.9 Å². The van der Waals surface area contributed by atoms with Crippen LogP contribution in [0.5, 0.6) is 0 Å². The third kappa shape index (κ3) is 8.38. The van der Waals surface area contributed by atoms with Gasteiger partial charge in [-0.05, 0) is 136 Å². The average molecular weight is 906 g/mol. The third-order valence-corrected chi connectivity index (χ3v) is 15.7. The molecule has 0 radical (unpaired) electrons. The van der Waals surface area contributed by atoms with Gasteiger partial charge in [0.25, 0.3) is 11.5 Å². The number of imide groups is 1. The Morgan fingerprint density at radius 1 is 0.821 bits per heavy atom. The van der Waals surface area contributed by atoms with Crippen molar-refractivity contribution in [2.75, 3.05) is 60.9 Å². The van der Waals surface area contributed by atoms with E-state index >= 15 is 0 Å². The number of carbonyl (C=O) groups excluding carboxylic acids is 3. The number of benzene rings is 2. The van der Waals surface area contributed by atoms with Gasteiger partial charge in [0.2, 0.25) is 17.8 Å². The number of piperazine rings is 1. The summed E-state index contributed by atoms with van der Waals surface area (Å²) in [6.45, 7) is 9.80. The van der Waals surface area contributed by atoms with E-state index in [1.807, 2.05) is 36.4 Å². The SMILES string of the molecule is C[C@@]1(O)CC/C=C\Cn2c(=O)c3cnc(Nc4ccc(N5CCN(CC6CCC7(CC6)CCN(c6ccc8c(c6)CN(C6CCC(=O)NC6=O)C8=O)CC7)CC5)cc4)nc3n2-c2cccc1n2. The summed E-state index contributed by atoms with van der Waals surface area (Å²) in [6, 6.07) is 19.4. The zero-order chi connectivity index (χ0) is 45.9. The Balaban J connectivity index is 0.657. The lowest BCUT2D eigenvalue weighted by Gasteiger charge is -2.47. The molecule has 16 heteroatoms. The smallest absolute Gasteiger partial charge is 0.278 e. The molecule has 3 N–H and O–H groups in total. The zero-order valence-electron chi connectivity index (χ0n) is 38.2. The Bertz CT molecular complexity index is 2810. The molecule has 8 heterocycles. The van der Waals surface area contributed by atoms with Crippen LogP contribution in [0.15, 0.2) is 83.8 Å². The van der Waals surface area contributed by atoms with E-state index in [0.717, 1.165) is 62.1 Å². The van der Waals surface area contributed by atoms with Crippen LogP contribution < -0.4 is 26.0 Å². The average Bonchev–Trinajstić information content (AvgIpc) is 3.81. The molecule has 1 aliphatic carbocycles. The molecule has 4 fully saturated rings. The zero-order valence-corrected chi connectivity index (χ0v) is 38.2. The second kappa shape index (κ2) is 17.4. The first-order chi connectivity index (χ1) is 32.5. The standard InChI is InChI=1S/C51H59N11O5/c1-50(67)18-3-2-4-23-61-48(66)40-31-52-49(56-45(40)62(61)43-7-5-6-42(50)54-43)53-36-8-10-37(11-9-36)59-28-26-57(27-29-59)32-34-16-19-51(20-17-34)21-24-58(25-22-51)38-12-13-39-35(30-38)33-60(47(39)65)41-14-15-44(63)55-46(41)64/h2,4-13,30-31,34,41,67H,3,14-29,32-33H2,1H3,(H,52,53,56)(H,55,63,64)/b4-2-/t41?,50-/m1/s1. The first-order valence-corrected chi connectivity index (χ1v) is 24.2. The third-order valence-electron chi connectivity index (χ3n) is 15.7. The van der Waals surface area contributed by atoms with Crippen LogP contribution in [0.3, 0.4) is 0 Å². The number of anilines is 4. The molecule has 2 bridgehead atoms. The van der Waals surface area contributed by atoms with Gasteiger partial charge in [-0.25, -0.2) is 19.3 Å². The first-order valence-electron chi connectivity index (χ1n) is 24.2. The second-order valence-electron chi connectivity index (χ2n) is 19.9. The molecule has 11 rings (SSSR count). The number of piperidine rings is 2. The molecule has 16 nitrogen and oxygen atoms in total. The molecule has 5 aromatic rings. The maximum absolute atomic E-state index is 13.6. The van der Waals surface area contributed by atoms with Crippen LogP contribution >= 0.6 is 0 Å². The summed E-state index contributed by atoms with van der Waals surface area (Å²) in [5.74, 6) is 0.859. The fraction of sp³-hybridized carbons (Fsp3) is 0.471. The minimum atomic E-state index is -1.12. The molecule has 6 aliphatic rings. The normalized spacial score (nSPS) is 24.1. The van der Waals surface area contributed by atoms with Crippen molar-refractivity contribution in [1.82, 2.24) is 39.4 Å². The molecule has 1 spiro atoms. The van der Waals surface area contributed by atoms with Crippen LogP contribution in [0.2, 0.25) is 0 Å². The molecule has 67 heavy (non-hydrogen) atoms. The van der Waals surface area contributed by atoms with Gasteiger partial charge >= 0.3 is 0 Å². The summed E-state index contributed by atoms with van der Waals surface area (Å²) in [4.78, 5) is 74.4. The number of aromatic nitrogens is 5. The number of hydrogen-bond acceptors (Lipinski definition) is 12. The van der Waals surface area contributed by atoms with E-state index in [9.17, 15) is 24.3 Å². The number of fused-ring (bicyclic) bond motifs is 7. The van der Waals surface area contributed by atoms with Crippen LogP contribution in [0.4, 0.5) is 23.0 Å². The number of amides is 3. The van der Waals surface area contributed by atoms with Crippen molar-refractivity contribution in [2.45, 2.75) is 95.9 Å². The molecular formula is C51H59N11O5. The van der Waals surface area contributed by atoms with Gasteiger partial charge in [0.15, 0.2) is 11.5 Å². The number of pyridine rings is 1. The van der Waals surface area contributed by atoms with Gasteiger partial charge in [0.1, 0.15) is 17.0 Å². The van der Waals surface area contributed by atoms with Gasteiger partial charge in [-0.1, -0.05) is 18.2 Å². The molecule has 3 aromatic heterocycles. The van der Waals surface area contributed by atoms with E-state index in [2.05, 4.69) is 66.7 Å². The lowest BCUT2D eigenvalue weighted by atomic mass is 9.65. The Morgan fingerprint density at radius 3 is 2.36 bits per heavy atom. The summed E-state index contributed by atoms with van der Waals surface area (Å²) >= 11 is 0. The van der Waals surface area contributed by atoms with Crippen molar-refractivity contribution in [2.24, 2.45) is 11.3 Å². The molecule has 2 atom stereocenters. The number of aliphatic hydroxyl groups is 1. The number of carbonyl (C=O) groups is 3. The van der Waals surface area contributed by atoms with E-state index in [-0.39, 0.29) is 29.7 Å². The van der Waals surface area contributed by atoms with Gasteiger partial charge in [-0.2, -0.15) is 4.98 Å². The highest BCUT2D eigenvalue weighted by molar-refractivity contribution is 6.05. The maximum Gasteiger partial charge on any atom is 0.278 e. The van der Waals surface area contributed by atoms with Crippen LogP contribution in [0, 0.1) is 11.3 Å². The number of hydrogen-bond donors (Lipinski definition) is 3. The number of rotatable bonds is 7. The lowest BCUT2D eigenvalue weighted by molar-refractivity contribution is -0.136. The summed E-state index contributed by atoms with van der Waals surface area (Å²) < 4.78 is 3.34. The van der Waals surface area contributed by atoms with Crippen LogP contribution in [0.1, 0.15) is 92.7 Å². The van der Waals surface area contributed by atoms with Crippen molar-refractivity contribution < 1.29 is 19.5 Å². The largest absolute Gasteiger partial charge is 0.384 e. The number of nitrogens with zero attached hydrogens (tertiary/aromatic N) is 9. The molecule has 5 aliphatic heterocycles. The fourth-order valence-corrected chi connectivity index (χ4v) is 11.5. The maximum atomic E-state index is 13.6. The van der Waals surface area contributed by atoms with E-state index in [1.54, 1.807) is 27.4 Å². The summed E-state index contributed by atoms with van der Waals surface area (Å²) in [7, 11) is 0. The Kier molecular flexibility index (Phi) is 11.2. The molecule has 348 valence electrons. The van der Waals surface area contributed by atoms with Crippen LogP contribution in [-0.4, -0.2) is 109 Å². The van der Waals surface area contributed by atoms with Gasteiger partial charge in [0.05, 0.1) is 12.2 Å². The highest BCUT2D eigenvalue weighted by atomic mass is 16.3. The quantitative estimate of drug-likeness (QED) is 0.136. The molecule has 1 unspecified atom stereocenters. The predicted octanol–water partition coefficient (Wildman–Crippen LogP) is 5.64. The number of nitrogens with one attached hydrogen (secondary N) is 2. The molecule has 2 aromatic carbocycles. The van der Waals surface area contributed by atoms with E-state index in [4.69, 9.17) is 9.97 Å². The summed E-state index contributed by atoms with van der Waals surface area (Å²) in [6.07, 6.45) is 14.9. The minimum Gasteiger partial charge on any atom is -0.384 e. The monoisotopic (exact) mass is 905 g/mol. The summed E-state index contributed by atoms with van der Waals surface area (Å²) in [5.41, 5.74) is 4.92. The van der Waals surface area contributed by atoms with Crippen molar-refractivity contribution in [3.05, 3.63) is 106 Å². The van der Waals surface area contributed by atoms with Gasteiger partial charge < -0.3 is 25.1 Å². The fourth-order valence-electron chi connectivity index (χ4n) is 11.5. The van der Waals surface area contributed by atoms with Gasteiger partial charge in [-0.3, -0.25) is 29.4 Å². The van der Waals surface area contributed by atoms with Crippen molar-refractivity contribution >= 4 is 51.8 Å². The highest BCUT2D eigenvalue weighted by Crippen LogP contribution is 2.47. The Labute approximate surface area is 389 Å². The Morgan fingerprint density at radius 2 is 1.58 bits per heavy atom. The summed E-state index contributed by atoms with van der Waals surface area (Å²) in [5, 5.41) is 17.3. The topological polar surface area (TPSA) is 174 Å². The van der Waals surface area contributed by atoms with Crippen molar-refractivity contribution in [3.8, 4) is 5.82 Å². The van der Waals surface area contributed by atoms with E-state index in [1.165, 1.54) is 50.8 Å². The minimum absolute atomic E-state index is 0.120. The van der Waals surface area contributed by atoms with Crippen molar-refractivity contribution in [1.29, 1.82) is 0 Å². The van der Waals surface area contributed by atoms with E-state index in [0.29, 0.717) is 71.8 Å².